The van der Waals surface area contributed by atoms with E-state index in [4.69, 9.17) is 0 Å². The average Bonchev–Trinajstić information content (AvgIpc) is 2.15. The molecular formula is C11H14N2O. The number of carbonyl (C=O) groups is 1. The Morgan fingerprint density at radius 1 is 1.43 bits per heavy atom. The third kappa shape index (κ3) is 3.01. The lowest BCUT2D eigenvalue weighted by atomic mass is 10.2. The second-order valence-corrected chi connectivity index (χ2v) is 3.33. The van der Waals surface area contributed by atoms with Gasteiger partial charge < -0.3 is 4.90 Å². The van der Waals surface area contributed by atoms with Crippen molar-refractivity contribution in [3.8, 4) is 0 Å². The number of aryl methyl sites for hydroxylation is 1. The van der Waals surface area contributed by atoms with Gasteiger partial charge in [0.2, 0.25) is 0 Å². The molecule has 0 N–H and O–H groups in total. The molecule has 1 aromatic heterocycles. The lowest BCUT2D eigenvalue weighted by Crippen LogP contribution is -2.03. The first-order valence-electron chi connectivity index (χ1n) is 4.41. The summed E-state index contributed by atoms with van der Waals surface area (Å²) in [4.78, 5) is 17.4. The fraction of sp³-hybridized carbons (Fsp3) is 0.273. The Labute approximate surface area is 84.1 Å². The van der Waals surface area contributed by atoms with Crippen LogP contribution in [0.15, 0.2) is 30.6 Å². The molecule has 1 heterocycles. The number of hydrogen-bond acceptors (Lipinski definition) is 3. The van der Waals surface area contributed by atoms with Crippen molar-refractivity contribution in [3.63, 3.8) is 0 Å². The number of ketones is 1. The van der Waals surface area contributed by atoms with Crippen molar-refractivity contribution in [1.29, 1.82) is 0 Å². The van der Waals surface area contributed by atoms with Crippen molar-refractivity contribution in [2.75, 3.05) is 14.1 Å². The number of allylic oxidation sites excluding steroid dienone is 1. The zero-order valence-corrected chi connectivity index (χ0v) is 8.69. The molecule has 0 bridgehead atoms. The number of hydrogen-bond donors (Lipinski definition) is 0. The van der Waals surface area contributed by atoms with Gasteiger partial charge in [-0.1, -0.05) is 0 Å². The molecule has 0 aliphatic carbocycles. The highest BCUT2D eigenvalue weighted by atomic mass is 16.1. The number of rotatable bonds is 3. The first-order chi connectivity index (χ1) is 6.59. The van der Waals surface area contributed by atoms with E-state index in [-0.39, 0.29) is 5.78 Å². The van der Waals surface area contributed by atoms with Crippen LogP contribution in [0.3, 0.4) is 0 Å². The molecule has 0 radical (unpaired) electrons. The maximum absolute atomic E-state index is 11.5. The highest BCUT2D eigenvalue weighted by molar-refractivity contribution is 6.04. The standard InChI is InChI=1S/C11H14N2O/c1-9-4-5-10(8-12-9)11(14)6-7-13(2)3/h4-8H,1-3H3. The molecule has 0 aliphatic rings. The monoisotopic (exact) mass is 190 g/mol. The topological polar surface area (TPSA) is 33.2 Å². The SMILES string of the molecule is Cc1ccc(C(=O)C=CN(C)C)cn1. The van der Waals surface area contributed by atoms with Crippen molar-refractivity contribution in [1.82, 2.24) is 9.88 Å². The van der Waals surface area contributed by atoms with E-state index in [1.165, 1.54) is 6.08 Å². The molecule has 0 saturated carbocycles. The Morgan fingerprint density at radius 2 is 2.14 bits per heavy atom. The van der Waals surface area contributed by atoms with Crippen LogP contribution in [0.2, 0.25) is 0 Å². The smallest absolute Gasteiger partial charge is 0.188 e. The molecule has 3 nitrogen and oxygen atoms in total. The molecule has 74 valence electrons. The summed E-state index contributed by atoms with van der Waals surface area (Å²) in [6, 6.07) is 3.61. The lowest BCUT2D eigenvalue weighted by molar-refractivity contribution is 0.104. The molecule has 0 aliphatic heterocycles. The summed E-state index contributed by atoms with van der Waals surface area (Å²) in [5.41, 5.74) is 1.53. The summed E-state index contributed by atoms with van der Waals surface area (Å²) in [6.07, 6.45) is 4.85. The van der Waals surface area contributed by atoms with Crippen LogP contribution >= 0.6 is 0 Å². The Bertz CT molecular complexity index is 339. The van der Waals surface area contributed by atoms with Gasteiger partial charge >= 0.3 is 0 Å². The van der Waals surface area contributed by atoms with Crippen LogP contribution in [0.25, 0.3) is 0 Å². The quantitative estimate of drug-likeness (QED) is 0.536. The van der Waals surface area contributed by atoms with Gasteiger partial charge in [-0.25, -0.2) is 0 Å². The first kappa shape index (κ1) is 10.4. The van der Waals surface area contributed by atoms with Crippen LogP contribution in [0.1, 0.15) is 16.1 Å². The van der Waals surface area contributed by atoms with Crippen LogP contribution < -0.4 is 0 Å². The van der Waals surface area contributed by atoms with Crippen LogP contribution in [0, 0.1) is 6.92 Å². The summed E-state index contributed by atoms with van der Waals surface area (Å²) < 4.78 is 0. The zero-order valence-electron chi connectivity index (χ0n) is 8.69. The normalized spacial score (nSPS) is 10.5. The molecule has 0 fully saturated rings. The van der Waals surface area contributed by atoms with Crippen LogP contribution in [0.4, 0.5) is 0 Å². The molecule has 1 aromatic rings. The zero-order chi connectivity index (χ0) is 10.6. The van der Waals surface area contributed by atoms with E-state index in [0.29, 0.717) is 5.56 Å². The fourth-order valence-electron chi connectivity index (χ4n) is 0.927. The second-order valence-electron chi connectivity index (χ2n) is 3.33. The lowest BCUT2D eigenvalue weighted by Gasteiger charge is -2.02. The molecule has 0 aromatic carbocycles. The molecule has 0 atom stereocenters. The Hall–Kier alpha value is -1.64. The van der Waals surface area contributed by atoms with E-state index in [2.05, 4.69) is 4.98 Å². The summed E-state index contributed by atoms with van der Waals surface area (Å²) >= 11 is 0. The van der Waals surface area contributed by atoms with E-state index < -0.39 is 0 Å². The minimum atomic E-state index is -0.0220. The minimum absolute atomic E-state index is 0.0220. The molecule has 0 saturated heterocycles. The minimum Gasteiger partial charge on any atom is -0.383 e. The number of pyridine rings is 1. The van der Waals surface area contributed by atoms with Gasteiger partial charge in [0.15, 0.2) is 5.78 Å². The number of carbonyl (C=O) groups excluding carboxylic acids is 1. The van der Waals surface area contributed by atoms with Gasteiger partial charge in [-0.15, -0.1) is 0 Å². The van der Waals surface area contributed by atoms with Gasteiger partial charge in [-0.05, 0) is 19.1 Å². The van der Waals surface area contributed by atoms with E-state index in [1.807, 2.05) is 32.0 Å². The molecule has 1 rings (SSSR count). The van der Waals surface area contributed by atoms with E-state index in [1.54, 1.807) is 18.5 Å². The maximum Gasteiger partial charge on any atom is 0.188 e. The second kappa shape index (κ2) is 4.56. The Kier molecular flexibility index (Phi) is 3.40. The Morgan fingerprint density at radius 3 is 2.64 bits per heavy atom. The molecular weight excluding hydrogens is 176 g/mol. The van der Waals surface area contributed by atoms with E-state index in [9.17, 15) is 4.79 Å². The van der Waals surface area contributed by atoms with Crippen LogP contribution in [0.5, 0.6) is 0 Å². The summed E-state index contributed by atoms with van der Waals surface area (Å²) in [5, 5.41) is 0. The van der Waals surface area contributed by atoms with E-state index >= 15 is 0 Å². The molecule has 0 amide bonds. The van der Waals surface area contributed by atoms with Crippen molar-refractivity contribution in [3.05, 3.63) is 41.9 Å². The van der Waals surface area contributed by atoms with Crippen LogP contribution in [-0.2, 0) is 0 Å². The van der Waals surface area contributed by atoms with Gasteiger partial charge in [0.05, 0.1) is 0 Å². The highest BCUT2D eigenvalue weighted by Gasteiger charge is 2.00. The third-order valence-corrected chi connectivity index (χ3v) is 1.72. The van der Waals surface area contributed by atoms with Gasteiger partial charge in [0, 0.05) is 43.8 Å². The van der Waals surface area contributed by atoms with Crippen molar-refractivity contribution >= 4 is 5.78 Å². The predicted octanol–water partition coefficient (Wildman–Crippen LogP) is 1.65. The molecule has 14 heavy (non-hydrogen) atoms. The first-order valence-corrected chi connectivity index (χ1v) is 4.41. The average molecular weight is 190 g/mol. The third-order valence-electron chi connectivity index (χ3n) is 1.72. The van der Waals surface area contributed by atoms with Crippen molar-refractivity contribution in [2.24, 2.45) is 0 Å². The predicted molar refractivity (Wildman–Crippen MR) is 56.1 cm³/mol. The fourth-order valence-corrected chi connectivity index (χ4v) is 0.927. The number of aromatic nitrogens is 1. The van der Waals surface area contributed by atoms with Crippen molar-refractivity contribution in [2.45, 2.75) is 6.92 Å². The van der Waals surface area contributed by atoms with Gasteiger partial charge in [-0.2, -0.15) is 0 Å². The van der Waals surface area contributed by atoms with Gasteiger partial charge in [0.1, 0.15) is 0 Å². The summed E-state index contributed by atoms with van der Waals surface area (Å²) in [6.45, 7) is 1.89. The Balaban J connectivity index is 2.75. The number of nitrogens with zero attached hydrogens (tertiary/aromatic N) is 2. The summed E-state index contributed by atoms with van der Waals surface area (Å²) in [5.74, 6) is -0.0220. The molecule has 0 spiro atoms. The largest absolute Gasteiger partial charge is 0.383 e. The van der Waals surface area contributed by atoms with Crippen molar-refractivity contribution < 1.29 is 4.79 Å². The van der Waals surface area contributed by atoms with E-state index in [0.717, 1.165) is 5.69 Å². The highest BCUT2D eigenvalue weighted by Crippen LogP contribution is 2.01. The maximum atomic E-state index is 11.5. The van der Waals surface area contributed by atoms with Gasteiger partial charge in [0.25, 0.3) is 0 Å². The molecule has 3 heteroatoms. The van der Waals surface area contributed by atoms with Crippen LogP contribution in [-0.4, -0.2) is 29.8 Å². The molecule has 0 unspecified atom stereocenters. The summed E-state index contributed by atoms with van der Waals surface area (Å²) in [7, 11) is 3.74. The van der Waals surface area contributed by atoms with Gasteiger partial charge in [-0.3, -0.25) is 9.78 Å².